The molecule has 24 heavy (non-hydrogen) atoms. The highest BCUT2D eigenvalue weighted by Gasteiger charge is 2.23. The van der Waals surface area contributed by atoms with Gasteiger partial charge in [-0.25, -0.2) is 0 Å². The number of thioether (sulfide) groups is 1. The van der Waals surface area contributed by atoms with Gasteiger partial charge in [0.2, 0.25) is 5.91 Å². The maximum absolute atomic E-state index is 12.6. The third-order valence-corrected chi connectivity index (χ3v) is 5.43. The number of nitrogens with zero attached hydrogens (tertiary/aromatic N) is 1. The van der Waals surface area contributed by atoms with Crippen LogP contribution in [-0.4, -0.2) is 36.3 Å². The molecule has 2 heterocycles. The highest BCUT2D eigenvalue weighted by atomic mass is 32.2. The molecular formula is C19H23NO3S. The molecule has 0 N–H and O–H groups in total. The summed E-state index contributed by atoms with van der Waals surface area (Å²) in [5.41, 5.74) is 1.03. The minimum atomic E-state index is 0.194. The minimum absolute atomic E-state index is 0.194. The number of amides is 1. The molecule has 0 saturated carbocycles. The third kappa shape index (κ3) is 4.35. The van der Waals surface area contributed by atoms with Crippen LogP contribution in [0.5, 0.6) is 5.75 Å². The quantitative estimate of drug-likeness (QED) is 0.823. The molecular weight excluding hydrogens is 322 g/mol. The summed E-state index contributed by atoms with van der Waals surface area (Å²) in [4.78, 5) is 14.6. The SMILES string of the molecule is CCOc1ccc(CC(=O)N2CCSC(c3ccco3)CC2)cc1. The fraction of sp³-hybridized carbons (Fsp3) is 0.421. The minimum Gasteiger partial charge on any atom is -0.494 e. The molecule has 1 aromatic heterocycles. The maximum Gasteiger partial charge on any atom is 0.227 e. The van der Waals surface area contributed by atoms with E-state index in [9.17, 15) is 4.79 Å². The first-order chi connectivity index (χ1) is 11.8. The zero-order valence-corrected chi connectivity index (χ0v) is 14.8. The second kappa shape index (κ2) is 8.29. The number of carbonyl (C=O) groups excluding carboxylic acids is 1. The molecule has 1 aliphatic heterocycles. The van der Waals surface area contributed by atoms with E-state index in [1.54, 1.807) is 6.26 Å². The molecule has 1 fully saturated rings. The first kappa shape index (κ1) is 17.0. The van der Waals surface area contributed by atoms with E-state index < -0.39 is 0 Å². The van der Waals surface area contributed by atoms with Gasteiger partial charge < -0.3 is 14.1 Å². The molecule has 5 heteroatoms. The zero-order valence-electron chi connectivity index (χ0n) is 13.9. The van der Waals surface area contributed by atoms with Crippen molar-refractivity contribution in [2.75, 3.05) is 25.4 Å². The molecule has 2 aromatic rings. The Kier molecular flexibility index (Phi) is 5.86. The molecule has 1 aromatic carbocycles. The molecule has 1 atom stereocenters. The second-order valence-corrected chi connectivity index (χ2v) is 7.11. The molecule has 4 nitrogen and oxygen atoms in total. The van der Waals surface area contributed by atoms with Gasteiger partial charge in [-0.3, -0.25) is 4.79 Å². The van der Waals surface area contributed by atoms with Crippen molar-refractivity contribution in [1.29, 1.82) is 0 Å². The molecule has 3 rings (SSSR count). The molecule has 1 aliphatic rings. The van der Waals surface area contributed by atoms with Crippen molar-refractivity contribution in [3.63, 3.8) is 0 Å². The predicted molar refractivity (Wildman–Crippen MR) is 96.4 cm³/mol. The van der Waals surface area contributed by atoms with E-state index in [4.69, 9.17) is 9.15 Å². The highest BCUT2D eigenvalue weighted by Crippen LogP contribution is 2.34. The number of rotatable bonds is 5. The van der Waals surface area contributed by atoms with Crippen molar-refractivity contribution in [1.82, 2.24) is 4.90 Å². The third-order valence-electron chi connectivity index (χ3n) is 4.14. The van der Waals surface area contributed by atoms with Gasteiger partial charge in [-0.2, -0.15) is 0 Å². The number of carbonyl (C=O) groups is 1. The summed E-state index contributed by atoms with van der Waals surface area (Å²) in [7, 11) is 0. The molecule has 0 radical (unpaired) electrons. The monoisotopic (exact) mass is 345 g/mol. The van der Waals surface area contributed by atoms with Crippen LogP contribution in [0.3, 0.4) is 0 Å². The lowest BCUT2D eigenvalue weighted by Crippen LogP contribution is -2.34. The van der Waals surface area contributed by atoms with E-state index in [0.717, 1.165) is 42.3 Å². The number of hydrogen-bond acceptors (Lipinski definition) is 4. The van der Waals surface area contributed by atoms with Crippen molar-refractivity contribution in [3.8, 4) is 5.75 Å². The van der Waals surface area contributed by atoms with Crippen LogP contribution in [0, 0.1) is 0 Å². The van der Waals surface area contributed by atoms with Gasteiger partial charge in [0.25, 0.3) is 0 Å². The fourth-order valence-electron chi connectivity index (χ4n) is 2.88. The topological polar surface area (TPSA) is 42.7 Å². The highest BCUT2D eigenvalue weighted by molar-refractivity contribution is 7.99. The van der Waals surface area contributed by atoms with Gasteiger partial charge >= 0.3 is 0 Å². The van der Waals surface area contributed by atoms with Gasteiger partial charge in [-0.05, 0) is 43.2 Å². The number of hydrogen-bond donors (Lipinski definition) is 0. The van der Waals surface area contributed by atoms with E-state index in [1.807, 2.05) is 60.0 Å². The lowest BCUT2D eigenvalue weighted by Gasteiger charge is -2.20. The normalized spacial score (nSPS) is 18.2. The Bertz CT molecular complexity index is 639. The van der Waals surface area contributed by atoms with Crippen LogP contribution >= 0.6 is 11.8 Å². The largest absolute Gasteiger partial charge is 0.494 e. The summed E-state index contributed by atoms with van der Waals surface area (Å²) < 4.78 is 11.0. The van der Waals surface area contributed by atoms with Crippen molar-refractivity contribution < 1.29 is 13.9 Å². The van der Waals surface area contributed by atoms with Crippen LogP contribution in [-0.2, 0) is 11.2 Å². The lowest BCUT2D eigenvalue weighted by molar-refractivity contribution is -0.130. The lowest BCUT2D eigenvalue weighted by atomic mass is 10.1. The van der Waals surface area contributed by atoms with Crippen molar-refractivity contribution in [2.24, 2.45) is 0 Å². The molecule has 0 bridgehead atoms. The molecule has 1 amide bonds. The Hall–Kier alpha value is -1.88. The van der Waals surface area contributed by atoms with E-state index in [2.05, 4.69) is 0 Å². The predicted octanol–water partition coefficient (Wildman–Crippen LogP) is 3.93. The van der Waals surface area contributed by atoms with Crippen molar-refractivity contribution in [3.05, 3.63) is 54.0 Å². The molecule has 0 aliphatic carbocycles. The summed E-state index contributed by atoms with van der Waals surface area (Å²) >= 11 is 1.87. The van der Waals surface area contributed by atoms with Gasteiger partial charge in [0.1, 0.15) is 11.5 Å². The van der Waals surface area contributed by atoms with Gasteiger partial charge in [-0.15, -0.1) is 11.8 Å². The summed E-state index contributed by atoms with van der Waals surface area (Å²) in [6, 6.07) is 11.8. The average Bonchev–Trinajstić information content (AvgIpc) is 3.01. The van der Waals surface area contributed by atoms with Gasteiger partial charge in [0.15, 0.2) is 0 Å². The fourth-order valence-corrected chi connectivity index (χ4v) is 4.06. The van der Waals surface area contributed by atoms with Crippen LogP contribution in [0.25, 0.3) is 0 Å². The van der Waals surface area contributed by atoms with E-state index in [0.29, 0.717) is 18.3 Å². The summed E-state index contributed by atoms with van der Waals surface area (Å²) in [6.07, 6.45) is 3.10. The van der Waals surface area contributed by atoms with Crippen LogP contribution in [0.2, 0.25) is 0 Å². The van der Waals surface area contributed by atoms with Crippen LogP contribution < -0.4 is 4.74 Å². The van der Waals surface area contributed by atoms with Crippen molar-refractivity contribution >= 4 is 17.7 Å². The Balaban J connectivity index is 1.55. The van der Waals surface area contributed by atoms with Crippen LogP contribution in [0.4, 0.5) is 0 Å². The van der Waals surface area contributed by atoms with Gasteiger partial charge in [0, 0.05) is 18.8 Å². The van der Waals surface area contributed by atoms with Crippen LogP contribution in [0.1, 0.15) is 29.9 Å². The Labute approximate surface area is 147 Å². The molecule has 1 saturated heterocycles. The number of furan rings is 1. The molecule has 1 unspecified atom stereocenters. The standard InChI is InChI=1S/C19H23NO3S/c1-2-22-16-7-5-15(6-8-16)14-19(21)20-10-9-18(24-13-11-20)17-4-3-12-23-17/h3-8,12,18H,2,9-11,13-14H2,1H3. The van der Waals surface area contributed by atoms with Crippen LogP contribution in [0.15, 0.2) is 47.1 Å². The maximum atomic E-state index is 12.6. The van der Waals surface area contributed by atoms with E-state index in [1.165, 1.54) is 0 Å². The summed E-state index contributed by atoms with van der Waals surface area (Å²) in [6.45, 7) is 4.21. The van der Waals surface area contributed by atoms with E-state index in [-0.39, 0.29) is 5.91 Å². The van der Waals surface area contributed by atoms with Crippen molar-refractivity contribution in [2.45, 2.75) is 25.0 Å². The molecule has 128 valence electrons. The smallest absolute Gasteiger partial charge is 0.227 e. The summed E-state index contributed by atoms with van der Waals surface area (Å²) in [5, 5.41) is 0.350. The van der Waals surface area contributed by atoms with Gasteiger partial charge in [-0.1, -0.05) is 12.1 Å². The second-order valence-electron chi connectivity index (χ2n) is 5.80. The average molecular weight is 345 g/mol. The zero-order chi connectivity index (χ0) is 16.8. The summed E-state index contributed by atoms with van der Waals surface area (Å²) in [5.74, 6) is 3.00. The number of benzene rings is 1. The first-order valence-corrected chi connectivity index (χ1v) is 9.45. The first-order valence-electron chi connectivity index (χ1n) is 8.41. The van der Waals surface area contributed by atoms with Gasteiger partial charge in [0.05, 0.1) is 24.5 Å². The number of ether oxygens (including phenoxy) is 1. The van der Waals surface area contributed by atoms with E-state index >= 15 is 0 Å². The Morgan fingerprint density at radius 1 is 1.29 bits per heavy atom. The Morgan fingerprint density at radius 2 is 2.12 bits per heavy atom. The Morgan fingerprint density at radius 3 is 2.83 bits per heavy atom. The molecule has 0 spiro atoms.